The Morgan fingerprint density at radius 3 is 1.54 bits per heavy atom. The van der Waals surface area contributed by atoms with Crippen molar-refractivity contribution in [3.05, 3.63) is 58.2 Å². The summed E-state index contributed by atoms with van der Waals surface area (Å²) in [5.74, 6) is 2.82. The molecule has 0 bridgehead atoms. The molecule has 11 heteroatoms. The van der Waals surface area contributed by atoms with Crippen molar-refractivity contribution in [1.82, 2.24) is 19.8 Å². The number of fused-ring (bicyclic) bond motifs is 2. The molecule has 2 aliphatic heterocycles. The Morgan fingerprint density at radius 1 is 0.667 bits per heavy atom. The fourth-order valence-electron chi connectivity index (χ4n) is 6.17. The van der Waals surface area contributed by atoms with Crippen molar-refractivity contribution in [2.75, 3.05) is 26.2 Å². The van der Waals surface area contributed by atoms with Gasteiger partial charge in [-0.2, -0.15) is 0 Å². The highest BCUT2D eigenvalue weighted by atomic mass is 79.9. The van der Waals surface area contributed by atoms with Crippen molar-refractivity contribution in [2.45, 2.75) is 109 Å². The summed E-state index contributed by atoms with van der Waals surface area (Å²) in [6, 6.07) is 12.2. The van der Waals surface area contributed by atoms with Crippen molar-refractivity contribution in [2.24, 2.45) is 0 Å². The van der Waals surface area contributed by atoms with Crippen molar-refractivity contribution < 1.29 is 27.9 Å². The van der Waals surface area contributed by atoms with Crippen LogP contribution in [-0.4, -0.2) is 69.3 Å². The first-order valence-electron chi connectivity index (χ1n) is 17.1. The lowest BCUT2D eigenvalue weighted by Crippen LogP contribution is -2.41. The van der Waals surface area contributed by atoms with Crippen LogP contribution < -0.4 is 0 Å². The summed E-state index contributed by atoms with van der Waals surface area (Å²) >= 11 is 3.45. The third-order valence-electron chi connectivity index (χ3n) is 8.83. The maximum absolute atomic E-state index is 12.2. The van der Waals surface area contributed by atoms with Gasteiger partial charge in [0.2, 0.25) is 0 Å². The number of benzene rings is 2. The van der Waals surface area contributed by atoms with E-state index in [0.29, 0.717) is 26.2 Å². The Hall–Kier alpha value is -3.60. The number of aromatic nitrogens is 2. The number of hydrogen-bond donors (Lipinski definition) is 0. The van der Waals surface area contributed by atoms with Crippen LogP contribution in [-0.2, 0) is 9.47 Å². The molecular formula is C37H47BrN4O6. The quantitative estimate of drug-likeness (QED) is 0.206. The lowest BCUT2D eigenvalue weighted by molar-refractivity contribution is 0.0189. The van der Waals surface area contributed by atoms with Gasteiger partial charge < -0.3 is 28.1 Å². The third kappa shape index (κ3) is 8.70. The number of hydrogen-bond acceptors (Lipinski definition) is 8. The van der Waals surface area contributed by atoms with Crippen LogP contribution in [0, 0.1) is 0 Å². The van der Waals surface area contributed by atoms with E-state index in [1.54, 1.807) is 9.80 Å². The van der Waals surface area contributed by atoms with E-state index in [1.807, 2.05) is 59.7 Å². The lowest BCUT2D eigenvalue weighted by atomic mass is 9.97. The summed E-state index contributed by atoms with van der Waals surface area (Å²) in [5, 5.41) is 0. The smallest absolute Gasteiger partial charge is 0.410 e. The number of halogens is 1. The molecule has 1 aliphatic carbocycles. The summed E-state index contributed by atoms with van der Waals surface area (Å²) < 4.78 is 23.7. The molecule has 0 N–H and O–H groups in total. The standard InChI is InChI=1S/C20H26N2O3.C17H21BrN2O3/c1-20(2,3)25-19(23)22-10-8-14(9-11-22)18-21-16-12-15(13-4-5-13)6-7-17(16)24-18;1-17(2,3)23-16(21)20-8-6-11(7-9-20)15-19-13-10-12(18)4-5-14(13)22-15/h6-7,12-14H,4-5,8-11H2,1-3H3;4-5,10-11H,6-9H2,1-3H3. The van der Waals surface area contributed by atoms with Crippen LogP contribution in [0.3, 0.4) is 0 Å². The number of ether oxygens (including phenoxy) is 2. The molecular weight excluding hydrogens is 676 g/mol. The molecule has 4 aromatic rings. The summed E-state index contributed by atoms with van der Waals surface area (Å²) in [5.41, 5.74) is 3.98. The highest BCUT2D eigenvalue weighted by Gasteiger charge is 2.31. The van der Waals surface area contributed by atoms with E-state index in [9.17, 15) is 9.59 Å². The Balaban J connectivity index is 0.000000168. The molecule has 2 amide bonds. The molecule has 7 rings (SSSR count). The first-order chi connectivity index (χ1) is 22.7. The number of likely N-dealkylation sites (tertiary alicyclic amines) is 2. The molecule has 2 aromatic heterocycles. The maximum Gasteiger partial charge on any atom is 0.410 e. The number of amides is 2. The molecule has 10 nitrogen and oxygen atoms in total. The summed E-state index contributed by atoms with van der Waals surface area (Å²) in [6.07, 6.45) is 5.53. The Kier molecular flexibility index (Phi) is 9.80. The van der Waals surface area contributed by atoms with Crippen molar-refractivity contribution in [3.63, 3.8) is 0 Å². The molecule has 258 valence electrons. The summed E-state index contributed by atoms with van der Waals surface area (Å²) in [6.45, 7) is 14.0. The van der Waals surface area contributed by atoms with Crippen LogP contribution in [0.5, 0.6) is 0 Å². The van der Waals surface area contributed by atoms with Crippen LogP contribution in [0.2, 0.25) is 0 Å². The molecule has 2 saturated heterocycles. The van der Waals surface area contributed by atoms with E-state index >= 15 is 0 Å². The van der Waals surface area contributed by atoms with Gasteiger partial charge in [0.15, 0.2) is 22.9 Å². The molecule has 0 spiro atoms. The number of nitrogens with zero attached hydrogens (tertiary/aromatic N) is 4. The van der Waals surface area contributed by atoms with Gasteiger partial charge in [0.05, 0.1) is 0 Å². The Morgan fingerprint density at radius 2 is 1.10 bits per heavy atom. The van der Waals surface area contributed by atoms with E-state index in [4.69, 9.17) is 23.3 Å². The second kappa shape index (κ2) is 13.7. The highest BCUT2D eigenvalue weighted by Crippen LogP contribution is 2.41. The molecule has 1 saturated carbocycles. The van der Waals surface area contributed by atoms with E-state index < -0.39 is 11.2 Å². The third-order valence-corrected chi connectivity index (χ3v) is 9.33. The molecule has 48 heavy (non-hydrogen) atoms. The number of carbonyl (C=O) groups excluding carboxylic acids is 2. The van der Waals surface area contributed by atoms with Crippen LogP contribution in [0.1, 0.15) is 115 Å². The average Bonchev–Trinajstić information content (AvgIpc) is 3.65. The predicted octanol–water partition coefficient (Wildman–Crippen LogP) is 9.52. The summed E-state index contributed by atoms with van der Waals surface area (Å²) in [7, 11) is 0. The van der Waals surface area contributed by atoms with Gasteiger partial charge in [-0.3, -0.25) is 0 Å². The van der Waals surface area contributed by atoms with Crippen LogP contribution in [0.4, 0.5) is 9.59 Å². The number of carbonyl (C=O) groups is 2. The van der Waals surface area contributed by atoms with E-state index in [1.165, 1.54) is 18.4 Å². The second-order valence-electron chi connectivity index (χ2n) is 15.2. The van der Waals surface area contributed by atoms with Gasteiger partial charge >= 0.3 is 12.2 Å². The van der Waals surface area contributed by atoms with Crippen molar-refractivity contribution in [3.8, 4) is 0 Å². The molecule has 0 unspecified atom stereocenters. The van der Waals surface area contributed by atoms with Gasteiger partial charge in [-0.15, -0.1) is 0 Å². The maximum atomic E-state index is 12.2. The first-order valence-corrected chi connectivity index (χ1v) is 17.9. The van der Waals surface area contributed by atoms with Gasteiger partial charge in [0, 0.05) is 42.5 Å². The lowest BCUT2D eigenvalue weighted by Gasteiger charge is -2.32. The van der Waals surface area contributed by atoms with Crippen molar-refractivity contribution >= 4 is 50.3 Å². The normalized spacial score (nSPS) is 18.1. The van der Waals surface area contributed by atoms with Gasteiger partial charge in [-0.25, -0.2) is 19.6 Å². The fourth-order valence-corrected chi connectivity index (χ4v) is 6.52. The zero-order valence-corrected chi connectivity index (χ0v) is 30.5. The van der Waals surface area contributed by atoms with Gasteiger partial charge in [0.1, 0.15) is 22.2 Å². The summed E-state index contributed by atoms with van der Waals surface area (Å²) in [4.78, 5) is 37.1. The number of oxazole rings is 2. The largest absolute Gasteiger partial charge is 0.444 e. The van der Waals surface area contributed by atoms with Gasteiger partial charge in [-0.05, 0) is 122 Å². The van der Waals surface area contributed by atoms with E-state index in [2.05, 4.69) is 39.1 Å². The van der Waals surface area contributed by atoms with Gasteiger partial charge in [-0.1, -0.05) is 22.0 Å². The Bertz CT molecular complexity index is 1750. The van der Waals surface area contributed by atoms with E-state index in [-0.39, 0.29) is 24.0 Å². The van der Waals surface area contributed by atoms with Crippen molar-refractivity contribution in [1.29, 1.82) is 0 Å². The van der Waals surface area contributed by atoms with Gasteiger partial charge in [0.25, 0.3) is 0 Å². The second-order valence-corrected chi connectivity index (χ2v) is 16.1. The minimum Gasteiger partial charge on any atom is -0.444 e. The molecule has 3 aliphatic rings. The average molecular weight is 724 g/mol. The molecule has 4 heterocycles. The minimum absolute atomic E-state index is 0.224. The Labute approximate surface area is 290 Å². The fraction of sp³-hybridized carbons (Fsp3) is 0.568. The number of piperidine rings is 2. The molecule has 2 aromatic carbocycles. The zero-order chi connectivity index (χ0) is 34.2. The highest BCUT2D eigenvalue weighted by molar-refractivity contribution is 9.10. The molecule has 0 atom stereocenters. The topological polar surface area (TPSA) is 111 Å². The van der Waals surface area contributed by atoms with E-state index in [0.717, 1.165) is 70.1 Å². The molecule has 0 radical (unpaired) electrons. The number of rotatable bonds is 3. The SMILES string of the molecule is CC(C)(C)OC(=O)N1CCC(c2nc3cc(Br)ccc3o2)CC1.CC(C)(C)OC(=O)N1CCC(c2nc3cc(C4CC4)ccc3o2)CC1. The minimum atomic E-state index is -0.457. The monoisotopic (exact) mass is 722 g/mol. The zero-order valence-electron chi connectivity index (χ0n) is 28.9. The molecule has 3 fully saturated rings. The predicted molar refractivity (Wildman–Crippen MR) is 187 cm³/mol. The van der Waals surface area contributed by atoms with Crippen LogP contribution in [0.15, 0.2) is 49.7 Å². The first kappa shape index (κ1) is 34.3. The van der Waals surface area contributed by atoms with Crippen LogP contribution in [0.25, 0.3) is 22.2 Å². The van der Waals surface area contributed by atoms with Crippen LogP contribution >= 0.6 is 15.9 Å².